The molecule has 1 rings (SSSR count). The number of para-hydroxylation sites is 1. The molecular weight excluding hydrogens is 247 g/mol. The molecule has 106 valence electrons. The van der Waals surface area contributed by atoms with Gasteiger partial charge in [-0.2, -0.15) is 0 Å². The van der Waals surface area contributed by atoms with Crippen LogP contribution >= 0.6 is 0 Å². The van der Waals surface area contributed by atoms with Crippen LogP contribution in [0.25, 0.3) is 0 Å². The van der Waals surface area contributed by atoms with E-state index in [0.29, 0.717) is 12.1 Å². The minimum Gasteiger partial charge on any atom is -0.480 e. The number of rotatable bonds is 6. The number of hydrogen-bond acceptors (Lipinski definition) is 3. The molecule has 0 saturated carbocycles. The van der Waals surface area contributed by atoms with Crippen LogP contribution in [-0.2, 0) is 11.3 Å². The summed E-state index contributed by atoms with van der Waals surface area (Å²) in [6, 6.07) is 4.81. The van der Waals surface area contributed by atoms with Crippen LogP contribution in [0.3, 0.4) is 0 Å². The van der Waals surface area contributed by atoms with E-state index < -0.39 is 5.82 Å². The van der Waals surface area contributed by atoms with Gasteiger partial charge < -0.3 is 15.0 Å². The van der Waals surface area contributed by atoms with Gasteiger partial charge in [0.1, 0.15) is 0 Å². The van der Waals surface area contributed by atoms with Crippen molar-refractivity contribution < 1.29 is 13.9 Å². The number of nitrogens with one attached hydrogen (secondary N) is 1. The molecule has 0 aliphatic carbocycles. The summed E-state index contributed by atoms with van der Waals surface area (Å²) in [7, 11) is 3.47. The molecule has 0 bridgehead atoms. The quantitative estimate of drug-likeness (QED) is 0.855. The maximum atomic E-state index is 13.7. The predicted molar refractivity (Wildman–Crippen MR) is 72.6 cm³/mol. The van der Waals surface area contributed by atoms with Crippen LogP contribution in [0.4, 0.5) is 4.39 Å². The first-order chi connectivity index (χ1) is 8.97. The Hall–Kier alpha value is -1.62. The minimum absolute atomic E-state index is 0.0912. The second kappa shape index (κ2) is 7.09. The summed E-state index contributed by atoms with van der Waals surface area (Å²) in [4.78, 5) is 13.4. The fourth-order valence-corrected chi connectivity index (χ4v) is 1.57. The van der Waals surface area contributed by atoms with Gasteiger partial charge in [-0.05, 0) is 27.0 Å². The Morgan fingerprint density at radius 2 is 2.16 bits per heavy atom. The molecule has 1 N–H and O–H groups in total. The zero-order chi connectivity index (χ0) is 14.4. The molecule has 0 saturated heterocycles. The first-order valence-corrected chi connectivity index (χ1v) is 6.27. The molecule has 19 heavy (non-hydrogen) atoms. The fourth-order valence-electron chi connectivity index (χ4n) is 1.57. The molecule has 1 aromatic rings. The lowest BCUT2D eigenvalue weighted by molar-refractivity contribution is -0.133. The number of nitrogens with zero attached hydrogens (tertiary/aromatic N) is 1. The Bertz CT molecular complexity index is 435. The number of ether oxygens (including phenoxy) is 1. The molecule has 0 unspecified atom stereocenters. The summed E-state index contributed by atoms with van der Waals surface area (Å²) < 4.78 is 19.1. The maximum Gasteiger partial charge on any atom is 0.260 e. The SMILES string of the molecule is CNCc1cccc(F)c1OCC(=O)N(C)C(C)C. The van der Waals surface area contributed by atoms with Crippen LogP contribution in [0.2, 0.25) is 0 Å². The van der Waals surface area contributed by atoms with Gasteiger partial charge in [0.15, 0.2) is 18.2 Å². The van der Waals surface area contributed by atoms with Crippen LogP contribution in [0.1, 0.15) is 19.4 Å². The van der Waals surface area contributed by atoms with Crippen molar-refractivity contribution >= 4 is 5.91 Å². The van der Waals surface area contributed by atoms with Gasteiger partial charge >= 0.3 is 0 Å². The number of likely N-dealkylation sites (N-methyl/N-ethyl adjacent to an activating group) is 1. The zero-order valence-electron chi connectivity index (χ0n) is 11.9. The summed E-state index contributed by atoms with van der Waals surface area (Å²) in [5.41, 5.74) is 0.697. The molecule has 1 amide bonds. The molecule has 0 heterocycles. The van der Waals surface area contributed by atoms with Crippen molar-refractivity contribution in [3.05, 3.63) is 29.6 Å². The number of halogens is 1. The molecule has 0 fully saturated rings. The highest BCUT2D eigenvalue weighted by Crippen LogP contribution is 2.22. The van der Waals surface area contributed by atoms with Crippen molar-refractivity contribution in [1.82, 2.24) is 10.2 Å². The number of carbonyl (C=O) groups excluding carboxylic acids is 1. The molecule has 1 aromatic carbocycles. The third-order valence-corrected chi connectivity index (χ3v) is 2.92. The summed E-state index contributed by atoms with van der Waals surface area (Å²) in [5.74, 6) is -0.483. The highest BCUT2D eigenvalue weighted by atomic mass is 19.1. The topological polar surface area (TPSA) is 41.6 Å². The van der Waals surface area contributed by atoms with Gasteiger partial charge in [-0.1, -0.05) is 12.1 Å². The van der Waals surface area contributed by atoms with Crippen LogP contribution in [0.15, 0.2) is 18.2 Å². The summed E-state index contributed by atoms with van der Waals surface area (Å²) >= 11 is 0. The van der Waals surface area contributed by atoms with Gasteiger partial charge in [-0.3, -0.25) is 4.79 Å². The van der Waals surface area contributed by atoms with Crippen molar-refractivity contribution in [3.8, 4) is 5.75 Å². The molecule has 0 radical (unpaired) electrons. The third-order valence-electron chi connectivity index (χ3n) is 2.92. The molecule has 0 aromatic heterocycles. The standard InChI is InChI=1S/C14H21FN2O2/c1-10(2)17(4)13(18)9-19-14-11(8-16-3)6-5-7-12(14)15/h5-7,10,16H,8-9H2,1-4H3. The van der Waals surface area contributed by atoms with Crippen molar-refractivity contribution in [2.24, 2.45) is 0 Å². The molecule has 5 heteroatoms. The van der Waals surface area contributed by atoms with Crippen LogP contribution < -0.4 is 10.1 Å². The normalized spacial score (nSPS) is 10.6. The minimum atomic E-state index is -0.451. The summed E-state index contributed by atoms with van der Waals surface area (Å²) in [6.45, 7) is 4.15. The molecular formula is C14H21FN2O2. The van der Waals surface area contributed by atoms with Gasteiger partial charge in [-0.15, -0.1) is 0 Å². The lowest BCUT2D eigenvalue weighted by Gasteiger charge is -2.22. The van der Waals surface area contributed by atoms with E-state index in [1.807, 2.05) is 13.8 Å². The van der Waals surface area contributed by atoms with Crippen molar-refractivity contribution in [1.29, 1.82) is 0 Å². The molecule has 4 nitrogen and oxygen atoms in total. The summed E-state index contributed by atoms with van der Waals surface area (Å²) in [5, 5.41) is 2.94. The van der Waals surface area contributed by atoms with Crippen molar-refractivity contribution in [2.45, 2.75) is 26.4 Å². The second-order valence-electron chi connectivity index (χ2n) is 4.65. The first kappa shape index (κ1) is 15.4. The van der Waals surface area contributed by atoms with Gasteiger partial charge in [0.25, 0.3) is 5.91 Å². The van der Waals surface area contributed by atoms with E-state index in [-0.39, 0.29) is 24.3 Å². The van der Waals surface area contributed by atoms with Crippen LogP contribution in [-0.4, -0.2) is 37.6 Å². The maximum absolute atomic E-state index is 13.7. The lowest BCUT2D eigenvalue weighted by Crippen LogP contribution is -2.36. The van der Waals surface area contributed by atoms with Gasteiger partial charge in [0, 0.05) is 25.2 Å². The number of hydrogen-bond donors (Lipinski definition) is 1. The molecule has 0 aliphatic heterocycles. The van der Waals surface area contributed by atoms with Gasteiger partial charge in [-0.25, -0.2) is 4.39 Å². The average molecular weight is 268 g/mol. The van der Waals surface area contributed by atoms with Crippen LogP contribution in [0.5, 0.6) is 5.75 Å². The van der Waals surface area contributed by atoms with E-state index in [0.717, 1.165) is 0 Å². The number of amides is 1. The van der Waals surface area contributed by atoms with E-state index in [1.54, 1.807) is 31.1 Å². The van der Waals surface area contributed by atoms with Gasteiger partial charge in [0.2, 0.25) is 0 Å². The lowest BCUT2D eigenvalue weighted by atomic mass is 10.2. The molecule has 0 spiro atoms. The average Bonchev–Trinajstić information content (AvgIpc) is 2.37. The van der Waals surface area contributed by atoms with Crippen molar-refractivity contribution in [3.63, 3.8) is 0 Å². The largest absolute Gasteiger partial charge is 0.480 e. The predicted octanol–water partition coefficient (Wildman–Crippen LogP) is 1.79. The highest BCUT2D eigenvalue weighted by Gasteiger charge is 2.15. The number of benzene rings is 1. The van der Waals surface area contributed by atoms with E-state index in [9.17, 15) is 9.18 Å². The number of carbonyl (C=O) groups is 1. The fraction of sp³-hybridized carbons (Fsp3) is 0.500. The van der Waals surface area contributed by atoms with Gasteiger partial charge in [0.05, 0.1) is 0 Å². The van der Waals surface area contributed by atoms with E-state index in [1.165, 1.54) is 6.07 Å². The molecule has 0 aliphatic rings. The summed E-state index contributed by atoms with van der Waals surface area (Å²) in [6.07, 6.45) is 0. The van der Waals surface area contributed by atoms with E-state index >= 15 is 0 Å². The monoisotopic (exact) mass is 268 g/mol. The Morgan fingerprint density at radius 3 is 2.74 bits per heavy atom. The second-order valence-corrected chi connectivity index (χ2v) is 4.65. The van der Waals surface area contributed by atoms with Crippen LogP contribution in [0, 0.1) is 5.82 Å². The Morgan fingerprint density at radius 1 is 1.47 bits per heavy atom. The van der Waals surface area contributed by atoms with E-state index in [2.05, 4.69) is 5.32 Å². The smallest absolute Gasteiger partial charge is 0.260 e. The van der Waals surface area contributed by atoms with Crippen molar-refractivity contribution in [2.75, 3.05) is 20.7 Å². The highest BCUT2D eigenvalue weighted by molar-refractivity contribution is 5.77. The zero-order valence-corrected chi connectivity index (χ0v) is 11.9. The first-order valence-electron chi connectivity index (χ1n) is 6.27. The Labute approximate surface area is 113 Å². The Kier molecular flexibility index (Phi) is 5.76. The third kappa shape index (κ3) is 4.21. The Balaban J connectivity index is 2.74. The van der Waals surface area contributed by atoms with E-state index in [4.69, 9.17) is 4.74 Å². The molecule has 0 atom stereocenters.